The van der Waals surface area contributed by atoms with Crippen LogP contribution >= 0.6 is 0 Å². The second kappa shape index (κ2) is 6.70. The first kappa shape index (κ1) is 14.1. The van der Waals surface area contributed by atoms with E-state index < -0.39 is 0 Å². The molecule has 0 aliphatic carbocycles. The summed E-state index contributed by atoms with van der Waals surface area (Å²) in [6, 6.07) is 13.4. The van der Waals surface area contributed by atoms with Crippen LogP contribution in [0.1, 0.15) is 23.7 Å². The van der Waals surface area contributed by atoms with Crippen LogP contribution in [0.5, 0.6) is 0 Å². The summed E-state index contributed by atoms with van der Waals surface area (Å²) in [4.78, 5) is 23.2. The van der Waals surface area contributed by atoms with E-state index in [1.165, 1.54) is 0 Å². The molecule has 20 heavy (non-hydrogen) atoms. The molecule has 0 saturated carbocycles. The number of benzene rings is 2. The maximum absolute atomic E-state index is 12.1. The summed E-state index contributed by atoms with van der Waals surface area (Å²) in [7, 11) is 0. The molecule has 0 aliphatic heterocycles. The van der Waals surface area contributed by atoms with Gasteiger partial charge >= 0.3 is 0 Å². The fraction of sp³-hybridized carbons (Fsp3) is 0.250. The first-order chi connectivity index (χ1) is 9.72. The average Bonchev–Trinajstić information content (AvgIpc) is 2.50. The van der Waals surface area contributed by atoms with E-state index in [1.54, 1.807) is 6.92 Å². The molecule has 0 radical (unpaired) electrons. The molecule has 2 aromatic rings. The molecule has 0 fully saturated rings. The summed E-state index contributed by atoms with van der Waals surface area (Å²) < 4.78 is 0. The second-order valence-corrected chi connectivity index (χ2v) is 4.49. The molecular formula is C16H18N2O2. The summed E-state index contributed by atoms with van der Waals surface area (Å²) in [6.45, 7) is 2.67. The van der Waals surface area contributed by atoms with Crippen LogP contribution in [0.4, 0.5) is 0 Å². The van der Waals surface area contributed by atoms with Crippen molar-refractivity contribution in [2.75, 3.05) is 13.1 Å². The molecule has 2 rings (SSSR count). The zero-order valence-corrected chi connectivity index (χ0v) is 11.5. The van der Waals surface area contributed by atoms with Gasteiger partial charge in [0, 0.05) is 25.1 Å². The lowest BCUT2D eigenvalue weighted by molar-refractivity contribution is -0.120. The maximum Gasteiger partial charge on any atom is 0.251 e. The first-order valence-electron chi connectivity index (χ1n) is 6.75. The Balaban J connectivity index is 1.99. The normalized spacial score (nSPS) is 10.2. The number of fused-ring (bicyclic) bond motifs is 1. The average molecular weight is 270 g/mol. The van der Waals surface area contributed by atoms with Crippen LogP contribution in [0, 0.1) is 0 Å². The highest BCUT2D eigenvalue weighted by molar-refractivity contribution is 6.06. The van der Waals surface area contributed by atoms with E-state index in [2.05, 4.69) is 10.6 Å². The molecule has 104 valence electrons. The smallest absolute Gasteiger partial charge is 0.251 e. The van der Waals surface area contributed by atoms with Gasteiger partial charge in [0.2, 0.25) is 5.91 Å². The van der Waals surface area contributed by atoms with Crippen LogP contribution in [-0.4, -0.2) is 24.9 Å². The van der Waals surface area contributed by atoms with Crippen molar-refractivity contribution in [2.24, 2.45) is 0 Å². The van der Waals surface area contributed by atoms with E-state index in [1.807, 2.05) is 42.5 Å². The van der Waals surface area contributed by atoms with Crippen LogP contribution in [0.15, 0.2) is 42.5 Å². The predicted octanol–water partition coefficient (Wildman–Crippen LogP) is 2.10. The number of hydrogen-bond donors (Lipinski definition) is 2. The second-order valence-electron chi connectivity index (χ2n) is 4.49. The minimum atomic E-state index is -0.118. The fourth-order valence-corrected chi connectivity index (χ4v) is 2.02. The lowest BCUT2D eigenvalue weighted by atomic mass is 10.0. The molecule has 2 aromatic carbocycles. The van der Waals surface area contributed by atoms with E-state index in [-0.39, 0.29) is 11.8 Å². The molecule has 0 heterocycles. The van der Waals surface area contributed by atoms with E-state index in [4.69, 9.17) is 0 Å². The predicted molar refractivity (Wildman–Crippen MR) is 79.6 cm³/mol. The van der Waals surface area contributed by atoms with Gasteiger partial charge in [-0.15, -0.1) is 0 Å². The summed E-state index contributed by atoms with van der Waals surface area (Å²) in [5.74, 6) is -0.128. The van der Waals surface area contributed by atoms with E-state index in [0.29, 0.717) is 25.1 Å². The minimum absolute atomic E-state index is 0.00981. The lowest BCUT2D eigenvalue weighted by Crippen LogP contribution is -2.34. The summed E-state index contributed by atoms with van der Waals surface area (Å²) in [5.41, 5.74) is 0.657. The number of carbonyl (C=O) groups is 2. The van der Waals surface area contributed by atoms with E-state index in [9.17, 15) is 9.59 Å². The Kier molecular flexibility index (Phi) is 4.71. The van der Waals surface area contributed by atoms with Gasteiger partial charge in [-0.1, -0.05) is 43.3 Å². The SMILES string of the molecule is CCC(=O)NCCNC(=O)c1cccc2ccccc12. The molecule has 0 atom stereocenters. The van der Waals surface area contributed by atoms with Gasteiger partial charge in [0.05, 0.1) is 0 Å². The molecule has 0 bridgehead atoms. The highest BCUT2D eigenvalue weighted by Crippen LogP contribution is 2.18. The molecule has 0 spiro atoms. The van der Waals surface area contributed by atoms with Gasteiger partial charge in [0.15, 0.2) is 0 Å². The van der Waals surface area contributed by atoms with Crippen molar-refractivity contribution in [1.29, 1.82) is 0 Å². The van der Waals surface area contributed by atoms with Crippen molar-refractivity contribution in [3.05, 3.63) is 48.0 Å². The number of carbonyl (C=O) groups excluding carboxylic acids is 2. The molecular weight excluding hydrogens is 252 g/mol. The van der Waals surface area contributed by atoms with Crippen molar-refractivity contribution in [3.8, 4) is 0 Å². The first-order valence-corrected chi connectivity index (χ1v) is 6.75. The molecule has 2 amide bonds. The van der Waals surface area contributed by atoms with Crippen LogP contribution in [0.3, 0.4) is 0 Å². The third-order valence-corrected chi connectivity index (χ3v) is 3.09. The highest BCUT2D eigenvalue weighted by Gasteiger charge is 2.08. The number of amides is 2. The molecule has 4 heteroatoms. The third kappa shape index (κ3) is 3.35. The Bertz CT molecular complexity index is 617. The molecule has 0 unspecified atom stereocenters. The van der Waals surface area contributed by atoms with Crippen molar-refractivity contribution in [3.63, 3.8) is 0 Å². The maximum atomic E-state index is 12.1. The fourth-order valence-electron chi connectivity index (χ4n) is 2.02. The van der Waals surface area contributed by atoms with Gasteiger partial charge in [-0.3, -0.25) is 9.59 Å². The van der Waals surface area contributed by atoms with Crippen molar-refractivity contribution >= 4 is 22.6 Å². The van der Waals surface area contributed by atoms with Crippen molar-refractivity contribution in [2.45, 2.75) is 13.3 Å². The molecule has 4 nitrogen and oxygen atoms in total. The topological polar surface area (TPSA) is 58.2 Å². The van der Waals surface area contributed by atoms with E-state index >= 15 is 0 Å². The molecule has 0 aromatic heterocycles. The van der Waals surface area contributed by atoms with Crippen LogP contribution in [0.25, 0.3) is 10.8 Å². The third-order valence-electron chi connectivity index (χ3n) is 3.09. The lowest BCUT2D eigenvalue weighted by Gasteiger charge is -2.08. The Morgan fingerprint density at radius 3 is 2.45 bits per heavy atom. The van der Waals surface area contributed by atoms with Crippen LogP contribution in [-0.2, 0) is 4.79 Å². The Labute approximate surface area is 118 Å². The van der Waals surface area contributed by atoms with Crippen molar-refractivity contribution < 1.29 is 9.59 Å². The summed E-state index contributed by atoms with van der Waals surface area (Å²) in [6.07, 6.45) is 0.456. The quantitative estimate of drug-likeness (QED) is 0.817. The van der Waals surface area contributed by atoms with Crippen molar-refractivity contribution in [1.82, 2.24) is 10.6 Å². The van der Waals surface area contributed by atoms with Crippen LogP contribution in [0.2, 0.25) is 0 Å². The van der Waals surface area contributed by atoms with E-state index in [0.717, 1.165) is 10.8 Å². The largest absolute Gasteiger partial charge is 0.354 e. The van der Waals surface area contributed by atoms with Gasteiger partial charge < -0.3 is 10.6 Å². The summed E-state index contributed by atoms with van der Waals surface area (Å²) in [5, 5.41) is 7.52. The number of hydrogen-bond acceptors (Lipinski definition) is 2. The summed E-state index contributed by atoms with van der Waals surface area (Å²) >= 11 is 0. The number of nitrogens with one attached hydrogen (secondary N) is 2. The number of rotatable bonds is 5. The minimum Gasteiger partial charge on any atom is -0.354 e. The monoisotopic (exact) mass is 270 g/mol. The Morgan fingerprint density at radius 2 is 1.65 bits per heavy atom. The van der Waals surface area contributed by atoms with Gasteiger partial charge in [-0.25, -0.2) is 0 Å². The zero-order chi connectivity index (χ0) is 14.4. The standard InChI is InChI=1S/C16H18N2O2/c1-2-15(19)17-10-11-18-16(20)14-9-5-7-12-6-3-4-8-13(12)14/h3-9H,2,10-11H2,1H3,(H,17,19)(H,18,20). The Morgan fingerprint density at radius 1 is 0.950 bits per heavy atom. The molecule has 2 N–H and O–H groups in total. The van der Waals surface area contributed by atoms with Gasteiger partial charge in [-0.05, 0) is 16.8 Å². The molecule has 0 saturated heterocycles. The van der Waals surface area contributed by atoms with Gasteiger partial charge in [0.1, 0.15) is 0 Å². The van der Waals surface area contributed by atoms with Gasteiger partial charge in [0.25, 0.3) is 5.91 Å². The Hall–Kier alpha value is -2.36. The highest BCUT2D eigenvalue weighted by atomic mass is 16.2. The van der Waals surface area contributed by atoms with Crippen LogP contribution < -0.4 is 10.6 Å². The molecule has 0 aliphatic rings. The van der Waals surface area contributed by atoms with Gasteiger partial charge in [-0.2, -0.15) is 0 Å². The zero-order valence-electron chi connectivity index (χ0n) is 11.5.